The van der Waals surface area contributed by atoms with Crippen LogP contribution in [0.25, 0.3) is 0 Å². The fourth-order valence-electron chi connectivity index (χ4n) is 1.36. The molecule has 1 aromatic carbocycles. The predicted octanol–water partition coefficient (Wildman–Crippen LogP) is 3.30. The SMILES string of the molecule is Cc1ccc(Sc2ccc(/C=[N+](/C)[O-])o2)cc1. The van der Waals surface area contributed by atoms with Crippen LogP contribution >= 0.6 is 11.8 Å². The Labute approximate surface area is 104 Å². The first-order valence-corrected chi connectivity index (χ1v) is 6.04. The van der Waals surface area contributed by atoms with Crippen LogP contribution in [0.1, 0.15) is 11.3 Å². The Morgan fingerprint density at radius 3 is 2.53 bits per heavy atom. The molecule has 0 saturated heterocycles. The largest absolute Gasteiger partial charge is 0.624 e. The van der Waals surface area contributed by atoms with Crippen LogP contribution in [0.2, 0.25) is 0 Å². The number of hydrogen-bond donors (Lipinski definition) is 0. The fourth-order valence-corrected chi connectivity index (χ4v) is 2.14. The Kier molecular flexibility index (Phi) is 3.54. The van der Waals surface area contributed by atoms with Crippen LogP contribution in [-0.2, 0) is 0 Å². The van der Waals surface area contributed by atoms with Crippen LogP contribution in [0, 0.1) is 12.1 Å². The third-order valence-electron chi connectivity index (χ3n) is 2.15. The van der Waals surface area contributed by atoms with Crippen LogP contribution < -0.4 is 0 Å². The normalized spacial score (nSPS) is 11.8. The van der Waals surface area contributed by atoms with Crippen LogP contribution in [-0.4, -0.2) is 18.0 Å². The first-order chi connectivity index (χ1) is 8.13. The third kappa shape index (κ3) is 3.39. The van der Waals surface area contributed by atoms with Crippen molar-refractivity contribution in [3.8, 4) is 0 Å². The van der Waals surface area contributed by atoms with Crippen LogP contribution in [0.4, 0.5) is 0 Å². The van der Waals surface area contributed by atoms with E-state index in [1.54, 1.807) is 6.07 Å². The average molecular weight is 247 g/mol. The number of rotatable bonds is 3. The molecule has 0 unspecified atom stereocenters. The summed E-state index contributed by atoms with van der Waals surface area (Å²) in [6.45, 7) is 2.05. The molecule has 3 nitrogen and oxygen atoms in total. The van der Waals surface area contributed by atoms with Gasteiger partial charge in [-0.1, -0.05) is 29.5 Å². The van der Waals surface area contributed by atoms with E-state index in [2.05, 4.69) is 19.1 Å². The highest BCUT2D eigenvalue weighted by Crippen LogP contribution is 2.28. The van der Waals surface area contributed by atoms with Gasteiger partial charge in [-0.15, -0.1) is 0 Å². The summed E-state index contributed by atoms with van der Waals surface area (Å²) >= 11 is 1.54. The van der Waals surface area contributed by atoms with Gasteiger partial charge in [0.25, 0.3) is 0 Å². The van der Waals surface area contributed by atoms with Gasteiger partial charge in [-0.3, -0.25) is 0 Å². The molecule has 0 amide bonds. The molecule has 4 heteroatoms. The maximum Gasteiger partial charge on any atom is 0.217 e. The Morgan fingerprint density at radius 1 is 1.18 bits per heavy atom. The highest BCUT2D eigenvalue weighted by Gasteiger charge is 2.04. The Hall–Kier alpha value is -1.68. The molecule has 0 fully saturated rings. The van der Waals surface area contributed by atoms with E-state index >= 15 is 0 Å². The second kappa shape index (κ2) is 5.10. The molecule has 0 atom stereocenters. The lowest BCUT2D eigenvalue weighted by Crippen LogP contribution is -1.95. The van der Waals surface area contributed by atoms with Crippen molar-refractivity contribution >= 4 is 18.0 Å². The van der Waals surface area contributed by atoms with Gasteiger partial charge < -0.3 is 9.62 Å². The minimum atomic E-state index is 0.567. The number of hydroxylamine groups is 1. The number of furan rings is 1. The van der Waals surface area contributed by atoms with Crippen molar-refractivity contribution in [2.24, 2.45) is 0 Å². The monoisotopic (exact) mass is 247 g/mol. The molecule has 1 heterocycles. The smallest absolute Gasteiger partial charge is 0.217 e. The molecule has 0 bridgehead atoms. The van der Waals surface area contributed by atoms with Crippen molar-refractivity contribution < 1.29 is 9.16 Å². The molecule has 2 rings (SSSR count). The summed E-state index contributed by atoms with van der Waals surface area (Å²) in [7, 11) is 1.43. The molecule has 1 aromatic heterocycles. The van der Waals surface area contributed by atoms with Gasteiger partial charge in [0.05, 0.1) is 0 Å². The zero-order valence-corrected chi connectivity index (χ0v) is 10.5. The van der Waals surface area contributed by atoms with Crippen molar-refractivity contribution in [2.75, 3.05) is 7.05 Å². The number of nitrogens with zero attached hydrogens (tertiary/aromatic N) is 1. The summed E-state index contributed by atoms with van der Waals surface area (Å²) in [4.78, 5) is 1.12. The first kappa shape index (κ1) is 11.8. The topological polar surface area (TPSA) is 39.2 Å². The summed E-state index contributed by atoms with van der Waals surface area (Å²) in [5.74, 6) is 0.567. The van der Waals surface area contributed by atoms with Crippen LogP contribution in [0.3, 0.4) is 0 Å². The molecule has 0 aliphatic carbocycles. The Morgan fingerprint density at radius 2 is 1.88 bits per heavy atom. The summed E-state index contributed by atoms with van der Waals surface area (Å²) < 4.78 is 6.22. The van der Waals surface area contributed by atoms with E-state index in [9.17, 15) is 5.21 Å². The molecule has 0 spiro atoms. The van der Waals surface area contributed by atoms with E-state index in [4.69, 9.17) is 4.42 Å². The minimum Gasteiger partial charge on any atom is -0.624 e. The average Bonchev–Trinajstić information content (AvgIpc) is 2.68. The van der Waals surface area contributed by atoms with Gasteiger partial charge in [-0.05, 0) is 31.2 Å². The fraction of sp³-hybridized carbons (Fsp3) is 0.154. The van der Waals surface area contributed by atoms with Crippen molar-refractivity contribution in [1.82, 2.24) is 0 Å². The molecule has 2 aromatic rings. The van der Waals surface area contributed by atoms with Gasteiger partial charge in [0.15, 0.2) is 10.9 Å². The van der Waals surface area contributed by atoms with Crippen LogP contribution in [0.15, 0.2) is 50.8 Å². The summed E-state index contributed by atoms with van der Waals surface area (Å²) in [6.07, 6.45) is 1.40. The predicted molar refractivity (Wildman–Crippen MR) is 68.7 cm³/mol. The van der Waals surface area contributed by atoms with Gasteiger partial charge in [0, 0.05) is 4.90 Å². The second-order valence-electron chi connectivity index (χ2n) is 3.75. The molecule has 0 aliphatic heterocycles. The summed E-state index contributed by atoms with van der Waals surface area (Å²) in [5, 5.41) is 11.6. The number of benzene rings is 1. The zero-order chi connectivity index (χ0) is 12.3. The molecule has 0 N–H and O–H groups in total. The summed E-state index contributed by atoms with van der Waals surface area (Å²) in [5.41, 5.74) is 1.23. The second-order valence-corrected chi connectivity index (χ2v) is 4.83. The Bertz CT molecular complexity index is 525. The highest BCUT2D eigenvalue weighted by atomic mass is 32.2. The summed E-state index contributed by atoms with van der Waals surface area (Å²) in [6, 6.07) is 11.9. The van der Waals surface area contributed by atoms with Crippen LogP contribution in [0.5, 0.6) is 0 Å². The molecule has 0 aliphatic rings. The highest BCUT2D eigenvalue weighted by molar-refractivity contribution is 7.99. The van der Waals surface area contributed by atoms with Crippen molar-refractivity contribution in [3.63, 3.8) is 0 Å². The lowest BCUT2D eigenvalue weighted by molar-refractivity contribution is -0.417. The zero-order valence-electron chi connectivity index (χ0n) is 9.71. The van der Waals surface area contributed by atoms with Gasteiger partial charge >= 0.3 is 0 Å². The maximum absolute atomic E-state index is 10.8. The van der Waals surface area contributed by atoms with E-state index in [1.165, 1.54) is 30.6 Å². The van der Waals surface area contributed by atoms with Gasteiger partial charge in [0.2, 0.25) is 6.21 Å². The lowest BCUT2D eigenvalue weighted by Gasteiger charge is -1.98. The third-order valence-corrected chi connectivity index (χ3v) is 3.08. The van der Waals surface area contributed by atoms with E-state index in [-0.39, 0.29) is 0 Å². The molecular formula is C13H13NO2S. The number of aryl methyl sites for hydroxylation is 1. The van der Waals surface area contributed by atoms with Gasteiger partial charge in [-0.25, -0.2) is 4.74 Å². The van der Waals surface area contributed by atoms with E-state index in [0.717, 1.165) is 14.7 Å². The van der Waals surface area contributed by atoms with Crippen molar-refractivity contribution in [2.45, 2.75) is 16.9 Å². The van der Waals surface area contributed by atoms with Crippen molar-refractivity contribution in [1.29, 1.82) is 0 Å². The molecule has 88 valence electrons. The van der Waals surface area contributed by atoms with Crippen molar-refractivity contribution in [3.05, 3.63) is 52.9 Å². The Balaban J connectivity index is 2.11. The molecular weight excluding hydrogens is 234 g/mol. The maximum atomic E-state index is 10.8. The minimum absolute atomic E-state index is 0.567. The van der Waals surface area contributed by atoms with E-state index in [0.29, 0.717) is 5.76 Å². The van der Waals surface area contributed by atoms with Gasteiger partial charge in [-0.2, -0.15) is 0 Å². The number of hydrogen-bond acceptors (Lipinski definition) is 3. The standard InChI is InChI=1S/C13H13NO2S/c1-10-3-6-12(7-4-10)17-13-8-5-11(16-13)9-14(2)15/h3-9H,1-2H3/b14-9-. The lowest BCUT2D eigenvalue weighted by atomic mass is 10.2. The quantitative estimate of drug-likeness (QED) is 0.361. The molecule has 0 saturated carbocycles. The van der Waals surface area contributed by atoms with E-state index < -0.39 is 0 Å². The van der Waals surface area contributed by atoms with E-state index in [1.807, 2.05) is 18.2 Å². The molecule has 0 radical (unpaired) electrons. The molecule has 17 heavy (non-hydrogen) atoms. The van der Waals surface area contributed by atoms with Gasteiger partial charge in [0.1, 0.15) is 7.05 Å². The first-order valence-electron chi connectivity index (χ1n) is 5.23.